The second kappa shape index (κ2) is 8.50. The van der Waals surface area contributed by atoms with Crippen LogP contribution in [0.4, 0.5) is 0 Å². The van der Waals surface area contributed by atoms with E-state index in [0.717, 1.165) is 5.56 Å². The van der Waals surface area contributed by atoms with Gasteiger partial charge in [-0.3, -0.25) is 0 Å². The monoisotopic (exact) mass is 376 g/mol. The Bertz CT molecular complexity index is 589. The summed E-state index contributed by atoms with van der Waals surface area (Å²) in [7, 11) is 1.69. The first-order valence-corrected chi connectivity index (χ1v) is 8.22. The fraction of sp³-hybridized carbons (Fsp3) is 0.533. The summed E-state index contributed by atoms with van der Waals surface area (Å²) < 4.78 is 5.55. The molecular weight excluding hydrogens is 356 g/mol. The molecule has 6 N–H and O–H groups in total. The van der Waals surface area contributed by atoms with Crippen molar-refractivity contribution in [3.05, 3.63) is 34.3 Å². The molecule has 1 aromatic carbocycles. The van der Waals surface area contributed by atoms with Crippen LogP contribution in [0, 0.1) is 0 Å². The summed E-state index contributed by atoms with van der Waals surface area (Å²) in [5.74, 6) is 0. The van der Waals surface area contributed by atoms with Gasteiger partial charge >= 0.3 is 0 Å². The van der Waals surface area contributed by atoms with Gasteiger partial charge in [-0.1, -0.05) is 36.0 Å². The van der Waals surface area contributed by atoms with Crippen LogP contribution in [0.25, 0.3) is 0 Å². The maximum Gasteiger partial charge on any atom is 0.113 e. The average Bonchev–Trinajstić information content (AvgIpc) is 2.55. The largest absolute Gasteiger partial charge is 0.394 e. The van der Waals surface area contributed by atoms with Gasteiger partial charge in [-0.15, -0.1) is 0 Å². The second-order valence-electron chi connectivity index (χ2n) is 5.58. The summed E-state index contributed by atoms with van der Waals surface area (Å²) in [6.45, 7) is -0.474. The van der Waals surface area contributed by atoms with Crippen molar-refractivity contribution >= 4 is 28.8 Å². The number of thiocarbonyl (C=S) groups is 1. The number of benzene rings is 1. The lowest BCUT2D eigenvalue weighted by molar-refractivity contribution is -0.231. The highest BCUT2D eigenvalue weighted by molar-refractivity contribution is 7.80. The molecular formula is C15H21ClN2O5S. The van der Waals surface area contributed by atoms with Crippen LogP contribution >= 0.6 is 23.8 Å². The van der Waals surface area contributed by atoms with Crippen molar-refractivity contribution in [3.63, 3.8) is 0 Å². The van der Waals surface area contributed by atoms with E-state index in [1.807, 2.05) is 0 Å². The minimum atomic E-state index is -1.42. The fourth-order valence-electron chi connectivity index (χ4n) is 2.64. The minimum Gasteiger partial charge on any atom is -0.394 e. The maximum absolute atomic E-state index is 10.2. The summed E-state index contributed by atoms with van der Waals surface area (Å²) in [5.41, 5.74) is 6.81. The minimum absolute atomic E-state index is 0.375. The van der Waals surface area contributed by atoms with Gasteiger partial charge < -0.3 is 30.6 Å². The van der Waals surface area contributed by atoms with Crippen molar-refractivity contribution in [1.82, 2.24) is 10.9 Å². The first-order valence-electron chi connectivity index (χ1n) is 7.43. The molecule has 9 heteroatoms. The van der Waals surface area contributed by atoms with Crippen molar-refractivity contribution in [1.29, 1.82) is 0 Å². The van der Waals surface area contributed by atoms with E-state index in [2.05, 4.69) is 10.9 Å². The zero-order chi connectivity index (χ0) is 17.9. The topological polar surface area (TPSA) is 114 Å². The third-order valence-corrected chi connectivity index (χ3v) is 4.52. The first-order chi connectivity index (χ1) is 11.4. The van der Waals surface area contributed by atoms with Crippen molar-refractivity contribution in [3.8, 4) is 0 Å². The lowest BCUT2D eigenvalue weighted by Crippen LogP contribution is -2.55. The molecule has 0 spiro atoms. The van der Waals surface area contributed by atoms with Gasteiger partial charge in [-0.25, -0.2) is 5.43 Å². The Hall–Kier alpha value is -0.840. The van der Waals surface area contributed by atoms with Gasteiger partial charge in [0.1, 0.15) is 30.5 Å². The lowest BCUT2D eigenvalue weighted by Gasteiger charge is -2.40. The van der Waals surface area contributed by atoms with Crippen LogP contribution in [0.15, 0.2) is 18.2 Å². The average molecular weight is 377 g/mol. The maximum atomic E-state index is 10.2. The van der Waals surface area contributed by atoms with E-state index in [0.29, 0.717) is 22.0 Å². The molecule has 0 aliphatic carbocycles. The van der Waals surface area contributed by atoms with Crippen LogP contribution in [0.5, 0.6) is 0 Å². The number of hydrogen-bond acceptors (Lipinski definition) is 7. The number of hydrazine groups is 1. The molecule has 0 saturated carbocycles. The predicted molar refractivity (Wildman–Crippen MR) is 92.7 cm³/mol. The molecule has 1 aliphatic rings. The first kappa shape index (κ1) is 19.5. The molecule has 1 saturated heterocycles. The Morgan fingerprint density at radius 1 is 1.25 bits per heavy atom. The van der Waals surface area contributed by atoms with Gasteiger partial charge in [0, 0.05) is 18.5 Å². The van der Waals surface area contributed by atoms with Gasteiger partial charge in [-0.2, -0.15) is 0 Å². The molecule has 2 rings (SSSR count). The van der Waals surface area contributed by atoms with E-state index in [1.54, 1.807) is 25.2 Å². The van der Waals surface area contributed by atoms with E-state index < -0.39 is 37.1 Å². The highest BCUT2D eigenvalue weighted by Crippen LogP contribution is 2.34. The van der Waals surface area contributed by atoms with Crippen LogP contribution in [0.1, 0.15) is 17.2 Å². The molecule has 1 heterocycles. The number of nitrogens with one attached hydrogen (secondary N) is 2. The Balaban J connectivity index is 2.26. The van der Waals surface area contributed by atoms with Crippen LogP contribution in [0.2, 0.25) is 5.02 Å². The summed E-state index contributed by atoms with van der Waals surface area (Å²) in [4.78, 5) is 0.533. The fourth-order valence-corrected chi connectivity index (χ4v) is 3.08. The highest BCUT2D eigenvalue weighted by Gasteiger charge is 2.43. The quantitative estimate of drug-likeness (QED) is 0.300. The zero-order valence-electron chi connectivity index (χ0n) is 13.0. The molecule has 0 aromatic heterocycles. The molecule has 1 aromatic rings. The van der Waals surface area contributed by atoms with Crippen LogP contribution in [-0.2, 0) is 11.2 Å². The van der Waals surface area contributed by atoms with E-state index >= 15 is 0 Å². The van der Waals surface area contributed by atoms with Gasteiger partial charge in [0.25, 0.3) is 0 Å². The number of hydrogen-bond donors (Lipinski definition) is 6. The highest BCUT2D eigenvalue weighted by atomic mass is 35.5. The van der Waals surface area contributed by atoms with Gasteiger partial charge in [0.05, 0.1) is 11.6 Å². The van der Waals surface area contributed by atoms with Crippen LogP contribution in [-0.4, -0.2) is 63.5 Å². The SMILES string of the molecule is CNNC(=S)Cc1cc(C2OC(CO)C(O)C(O)C2O)ccc1Cl. The Morgan fingerprint density at radius 3 is 2.58 bits per heavy atom. The molecule has 7 nitrogen and oxygen atoms in total. The van der Waals surface area contributed by atoms with Crippen LogP contribution < -0.4 is 10.9 Å². The molecule has 0 radical (unpaired) electrons. The third kappa shape index (κ3) is 4.22. The van der Waals surface area contributed by atoms with Crippen molar-refractivity contribution < 1.29 is 25.2 Å². The molecule has 0 bridgehead atoms. The molecule has 1 aliphatic heterocycles. The van der Waals surface area contributed by atoms with E-state index in [-0.39, 0.29) is 0 Å². The molecule has 1 fully saturated rings. The lowest BCUT2D eigenvalue weighted by atomic mass is 9.90. The zero-order valence-corrected chi connectivity index (χ0v) is 14.6. The smallest absolute Gasteiger partial charge is 0.113 e. The summed E-state index contributed by atoms with van der Waals surface area (Å²) >= 11 is 11.4. The number of aliphatic hydroxyl groups excluding tert-OH is 4. The van der Waals surface area contributed by atoms with Crippen molar-refractivity contribution in [2.24, 2.45) is 0 Å². The third-order valence-electron chi connectivity index (χ3n) is 3.91. The van der Waals surface area contributed by atoms with Crippen molar-refractivity contribution in [2.45, 2.75) is 36.9 Å². The summed E-state index contributed by atoms with van der Waals surface area (Å²) in [5, 5.41) is 39.7. The van der Waals surface area contributed by atoms with Crippen LogP contribution in [0.3, 0.4) is 0 Å². The molecule has 5 unspecified atom stereocenters. The van der Waals surface area contributed by atoms with E-state index in [9.17, 15) is 20.4 Å². The van der Waals surface area contributed by atoms with Gasteiger partial charge in [-0.05, 0) is 17.2 Å². The van der Waals surface area contributed by atoms with Gasteiger partial charge in [0.2, 0.25) is 0 Å². The standard InChI is InChI=1S/C15H21ClN2O5S/c1-17-18-11(24)5-8-4-7(2-3-9(8)16)15-14(22)13(21)12(20)10(6-19)23-15/h2-4,10,12-15,17,19-22H,5-6H2,1H3,(H,18,24). The number of halogens is 1. The van der Waals surface area contributed by atoms with Gasteiger partial charge in [0.15, 0.2) is 0 Å². The molecule has 24 heavy (non-hydrogen) atoms. The predicted octanol–water partition coefficient (Wildman–Crippen LogP) is -0.551. The second-order valence-corrected chi connectivity index (χ2v) is 6.48. The number of rotatable bonds is 5. The molecule has 5 atom stereocenters. The number of ether oxygens (including phenoxy) is 1. The Labute approximate surface area is 150 Å². The Morgan fingerprint density at radius 2 is 1.96 bits per heavy atom. The van der Waals surface area contributed by atoms with E-state index in [1.165, 1.54) is 0 Å². The van der Waals surface area contributed by atoms with E-state index in [4.69, 9.17) is 28.6 Å². The summed E-state index contributed by atoms with van der Waals surface area (Å²) in [6.07, 6.45) is -5.63. The number of aliphatic hydroxyl groups is 4. The van der Waals surface area contributed by atoms with Crippen molar-refractivity contribution in [2.75, 3.05) is 13.7 Å². The summed E-state index contributed by atoms with van der Waals surface area (Å²) in [6, 6.07) is 5.03. The molecule has 0 amide bonds. The normalized spacial score (nSPS) is 30.2. The molecule has 134 valence electrons. The Kier molecular flexibility index (Phi) is 6.90.